The van der Waals surface area contributed by atoms with Crippen LogP contribution >= 0.6 is 0 Å². The normalized spacial score (nSPS) is 23.2. The monoisotopic (exact) mass is 156 g/mol. The molecule has 0 aromatic heterocycles. The molecule has 1 unspecified atom stereocenters. The first kappa shape index (κ1) is 9.05. The molecule has 1 saturated carbocycles. The molecule has 0 radical (unpaired) electrons. The Kier molecular flexibility index (Phi) is 2.94. The van der Waals surface area contributed by atoms with E-state index >= 15 is 0 Å². The second-order valence-electron chi connectivity index (χ2n) is 4.02. The lowest BCUT2D eigenvalue weighted by atomic mass is 9.79. The summed E-state index contributed by atoms with van der Waals surface area (Å²) in [6, 6.07) is 0. The summed E-state index contributed by atoms with van der Waals surface area (Å²) in [5, 5.41) is 0. The van der Waals surface area contributed by atoms with E-state index in [4.69, 9.17) is 4.74 Å². The molecule has 66 valence electrons. The topological polar surface area (TPSA) is 9.23 Å². The van der Waals surface area contributed by atoms with Crippen LogP contribution in [-0.4, -0.2) is 13.7 Å². The quantitative estimate of drug-likeness (QED) is 0.594. The fourth-order valence-corrected chi connectivity index (χ4v) is 1.79. The summed E-state index contributed by atoms with van der Waals surface area (Å²) in [6.07, 6.45) is 5.45. The third kappa shape index (κ3) is 2.19. The molecule has 11 heavy (non-hydrogen) atoms. The number of hydrogen-bond donors (Lipinski definition) is 0. The van der Waals surface area contributed by atoms with Crippen LogP contribution in [0.4, 0.5) is 0 Å². The molecule has 1 aliphatic carbocycles. The van der Waals surface area contributed by atoms with Gasteiger partial charge in [-0.05, 0) is 30.6 Å². The van der Waals surface area contributed by atoms with Gasteiger partial charge in [-0.3, -0.25) is 0 Å². The molecular formula is C10H20O. The zero-order valence-corrected chi connectivity index (χ0v) is 8.02. The Balaban J connectivity index is 2.31. The van der Waals surface area contributed by atoms with Gasteiger partial charge in [0, 0.05) is 13.7 Å². The fourth-order valence-electron chi connectivity index (χ4n) is 1.79. The Morgan fingerprint density at radius 2 is 2.09 bits per heavy atom. The van der Waals surface area contributed by atoms with Crippen LogP contribution in [0.5, 0.6) is 0 Å². The van der Waals surface area contributed by atoms with E-state index in [1.807, 2.05) is 0 Å². The Hall–Kier alpha value is -0.0400. The molecule has 1 rings (SSSR count). The van der Waals surface area contributed by atoms with Crippen molar-refractivity contribution < 1.29 is 4.74 Å². The van der Waals surface area contributed by atoms with Crippen molar-refractivity contribution in [3.8, 4) is 0 Å². The first-order valence-electron chi connectivity index (χ1n) is 4.72. The van der Waals surface area contributed by atoms with E-state index in [9.17, 15) is 0 Å². The highest BCUT2D eigenvalue weighted by Crippen LogP contribution is 2.49. The molecule has 1 nitrogen and oxygen atoms in total. The summed E-state index contributed by atoms with van der Waals surface area (Å²) >= 11 is 0. The lowest BCUT2D eigenvalue weighted by Crippen LogP contribution is -2.19. The van der Waals surface area contributed by atoms with Crippen molar-refractivity contribution in [2.24, 2.45) is 11.3 Å². The second-order valence-corrected chi connectivity index (χ2v) is 4.02. The van der Waals surface area contributed by atoms with E-state index in [-0.39, 0.29) is 0 Å². The third-order valence-corrected chi connectivity index (χ3v) is 3.25. The molecule has 1 atom stereocenters. The molecule has 0 heterocycles. The van der Waals surface area contributed by atoms with Crippen LogP contribution in [0.2, 0.25) is 0 Å². The summed E-state index contributed by atoms with van der Waals surface area (Å²) in [4.78, 5) is 0. The molecule has 0 aromatic carbocycles. The molecule has 1 heteroatoms. The number of ether oxygens (including phenoxy) is 1. The van der Waals surface area contributed by atoms with Gasteiger partial charge in [-0.25, -0.2) is 0 Å². The molecule has 1 fully saturated rings. The zero-order valence-electron chi connectivity index (χ0n) is 8.02. The van der Waals surface area contributed by atoms with Crippen LogP contribution in [0.3, 0.4) is 0 Å². The molecule has 1 aliphatic rings. The van der Waals surface area contributed by atoms with Crippen LogP contribution in [0.1, 0.15) is 39.5 Å². The van der Waals surface area contributed by atoms with Gasteiger partial charge in [0.05, 0.1) is 0 Å². The summed E-state index contributed by atoms with van der Waals surface area (Å²) in [5.74, 6) is 1.00. The number of rotatable bonds is 5. The van der Waals surface area contributed by atoms with Gasteiger partial charge in [0.25, 0.3) is 0 Å². The second kappa shape index (κ2) is 3.57. The molecule has 0 aliphatic heterocycles. The molecule has 0 bridgehead atoms. The van der Waals surface area contributed by atoms with E-state index in [2.05, 4.69) is 13.8 Å². The van der Waals surface area contributed by atoms with Gasteiger partial charge in [-0.15, -0.1) is 0 Å². The predicted molar refractivity (Wildman–Crippen MR) is 47.6 cm³/mol. The fraction of sp³-hybridized carbons (Fsp3) is 1.00. The van der Waals surface area contributed by atoms with Gasteiger partial charge in [-0.2, -0.15) is 0 Å². The minimum absolute atomic E-state index is 0.579. The lowest BCUT2D eigenvalue weighted by molar-refractivity contribution is 0.127. The van der Waals surface area contributed by atoms with Gasteiger partial charge < -0.3 is 4.74 Å². The Morgan fingerprint density at radius 1 is 1.45 bits per heavy atom. The van der Waals surface area contributed by atoms with Crippen molar-refractivity contribution in [1.29, 1.82) is 0 Å². The highest BCUT2D eigenvalue weighted by atomic mass is 16.5. The summed E-state index contributed by atoms with van der Waals surface area (Å²) in [7, 11) is 1.79. The molecular weight excluding hydrogens is 136 g/mol. The highest BCUT2D eigenvalue weighted by Gasteiger charge is 2.39. The maximum Gasteiger partial charge on any atom is 0.0467 e. The average Bonchev–Trinajstić information content (AvgIpc) is 2.82. The van der Waals surface area contributed by atoms with Gasteiger partial charge in [0.15, 0.2) is 0 Å². The molecule has 0 aromatic rings. The molecule has 0 amide bonds. The van der Waals surface area contributed by atoms with Crippen molar-refractivity contribution in [3.63, 3.8) is 0 Å². The highest BCUT2D eigenvalue weighted by molar-refractivity contribution is 4.89. The number of methoxy groups -OCH3 is 1. The Labute approximate surface area is 70.1 Å². The van der Waals surface area contributed by atoms with Gasteiger partial charge in [-0.1, -0.05) is 20.3 Å². The SMILES string of the molecule is CCC(C)(CCOC)C1CC1. The van der Waals surface area contributed by atoms with Crippen LogP contribution in [0.25, 0.3) is 0 Å². The van der Waals surface area contributed by atoms with E-state index in [1.165, 1.54) is 25.7 Å². The van der Waals surface area contributed by atoms with E-state index in [1.54, 1.807) is 7.11 Å². The zero-order chi connectivity index (χ0) is 8.32. The van der Waals surface area contributed by atoms with Crippen molar-refractivity contribution in [1.82, 2.24) is 0 Å². The van der Waals surface area contributed by atoms with Crippen LogP contribution in [0, 0.1) is 11.3 Å². The van der Waals surface area contributed by atoms with E-state index in [0.29, 0.717) is 5.41 Å². The van der Waals surface area contributed by atoms with Gasteiger partial charge in [0.1, 0.15) is 0 Å². The standard InChI is InChI=1S/C10H20O/c1-4-10(2,7-8-11-3)9-5-6-9/h9H,4-8H2,1-3H3. The first-order chi connectivity index (χ1) is 5.23. The predicted octanol–water partition coefficient (Wildman–Crippen LogP) is 2.85. The van der Waals surface area contributed by atoms with Crippen LogP contribution in [-0.2, 0) is 4.74 Å². The molecule has 0 saturated heterocycles. The minimum atomic E-state index is 0.579. The Bertz CT molecular complexity index is 118. The summed E-state index contributed by atoms with van der Waals surface area (Å²) in [5.41, 5.74) is 0.579. The minimum Gasteiger partial charge on any atom is -0.385 e. The Morgan fingerprint density at radius 3 is 2.45 bits per heavy atom. The molecule has 0 N–H and O–H groups in total. The van der Waals surface area contributed by atoms with Crippen molar-refractivity contribution >= 4 is 0 Å². The number of hydrogen-bond acceptors (Lipinski definition) is 1. The van der Waals surface area contributed by atoms with Crippen LogP contribution < -0.4 is 0 Å². The third-order valence-electron chi connectivity index (χ3n) is 3.25. The smallest absolute Gasteiger partial charge is 0.0467 e. The molecule has 0 spiro atoms. The van der Waals surface area contributed by atoms with Gasteiger partial charge >= 0.3 is 0 Å². The largest absolute Gasteiger partial charge is 0.385 e. The van der Waals surface area contributed by atoms with Crippen molar-refractivity contribution in [2.75, 3.05) is 13.7 Å². The van der Waals surface area contributed by atoms with Crippen LogP contribution in [0.15, 0.2) is 0 Å². The first-order valence-corrected chi connectivity index (χ1v) is 4.72. The lowest BCUT2D eigenvalue weighted by Gasteiger charge is -2.27. The van der Waals surface area contributed by atoms with Gasteiger partial charge in [0.2, 0.25) is 0 Å². The van der Waals surface area contributed by atoms with E-state index < -0.39 is 0 Å². The van der Waals surface area contributed by atoms with E-state index in [0.717, 1.165) is 12.5 Å². The maximum absolute atomic E-state index is 5.12. The maximum atomic E-state index is 5.12. The summed E-state index contributed by atoms with van der Waals surface area (Å²) in [6.45, 7) is 5.64. The summed E-state index contributed by atoms with van der Waals surface area (Å²) < 4.78 is 5.12. The average molecular weight is 156 g/mol. The van der Waals surface area contributed by atoms with Crippen molar-refractivity contribution in [3.05, 3.63) is 0 Å². The van der Waals surface area contributed by atoms with Crippen molar-refractivity contribution in [2.45, 2.75) is 39.5 Å².